The van der Waals surface area contributed by atoms with E-state index in [9.17, 15) is 19.7 Å². The van der Waals surface area contributed by atoms with E-state index in [0.717, 1.165) is 5.75 Å². The first-order valence-corrected chi connectivity index (χ1v) is 9.20. The van der Waals surface area contributed by atoms with Gasteiger partial charge in [0.2, 0.25) is 5.91 Å². The molecule has 0 spiro atoms. The molecular weight excluding hydrogens is 368 g/mol. The van der Waals surface area contributed by atoms with Gasteiger partial charge in [0.05, 0.1) is 4.92 Å². The van der Waals surface area contributed by atoms with Crippen molar-refractivity contribution in [2.24, 2.45) is 0 Å². The first kappa shape index (κ1) is 17.8. The fourth-order valence-electron chi connectivity index (χ4n) is 2.94. The monoisotopic (exact) mass is 384 g/mol. The smallest absolute Gasteiger partial charge is 0.294 e. The van der Waals surface area contributed by atoms with Crippen LogP contribution in [0.25, 0.3) is 0 Å². The minimum Gasteiger partial charge on any atom is -0.362 e. The van der Waals surface area contributed by atoms with Crippen LogP contribution in [-0.2, 0) is 4.79 Å². The van der Waals surface area contributed by atoms with Crippen LogP contribution in [0.4, 0.5) is 16.2 Å². The van der Waals surface area contributed by atoms with Crippen molar-refractivity contribution in [3.63, 3.8) is 0 Å². The van der Waals surface area contributed by atoms with Crippen LogP contribution in [-0.4, -0.2) is 70.9 Å². The van der Waals surface area contributed by atoms with E-state index < -0.39 is 4.92 Å². The summed E-state index contributed by atoms with van der Waals surface area (Å²) < 4.78 is 0. The molecule has 8 nitrogen and oxygen atoms in total. The number of nitrogens with zero attached hydrogens (tertiary/aromatic N) is 4. The third-order valence-corrected chi connectivity index (χ3v) is 5.41. The molecule has 2 aliphatic heterocycles. The van der Waals surface area contributed by atoms with E-state index in [1.807, 2.05) is 4.90 Å². The lowest BCUT2D eigenvalue weighted by Gasteiger charge is -2.36. The Morgan fingerprint density at radius 1 is 1.24 bits per heavy atom. The summed E-state index contributed by atoms with van der Waals surface area (Å²) in [5.41, 5.74) is 0.472. The number of halogens is 1. The Kier molecular flexibility index (Phi) is 5.33. The van der Waals surface area contributed by atoms with E-state index in [1.54, 1.807) is 21.9 Å². The molecule has 1 aromatic rings. The zero-order chi connectivity index (χ0) is 18.0. The molecule has 1 aromatic carbocycles. The Balaban J connectivity index is 1.61. The number of amides is 2. The fourth-order valence-corrected chi connectivity index (χ4v) is 3.93. The molecule has 134 valence electrons. The average Bonchev–Trinajstić information content (AvgIpc) is 2.99. The predicted molar refractivity (Wildman–Crippen MR) is 96.3 cm³/mol. The average molecular weight is 385 g/mol. The molecule has 0 aliphatic carbocycles. The minimum atomic E-state index is -0.449. The molecule has 0 unspecified atom stereocenters. The fraction of sp³-hybridized carbons (Fsp3) is 0.467. The summed E-state index contributed by atoms with van der Waals surface area (Å²) in [6, 6.07) is 4.60. The maximum Gasteiger partial charge on any atom is 0.294 e. The molecule has 2 saturated heterocycles. The SMILES string of the molecule is O=C(CN1CCSC1=O)N1CCN(c2ccc(Cl)cc2[N+](=O)[O-])CC1. The third kappa shape index (κ3) is 3.98. The van der Waals surface area contributed by atoms with Crippen LogP contribution < -0.4 is 4.90 Å². The van der Waals surface area contributed by atoms with Gasteiger partial charge in [0.25, 0.3) is 10.9 Å². The summed E-state index contributed by atoms with van der Waals surface area (Å²) in [5, 5.41) is 11.5. The third-order valence-electron chi connectivity index (χ3n) is 4.28. The van der Waals surface area contributed by atoms with Crippen LogP contribution in [0.5, 0.6) is 0 Å². The second-order valence-corrected chi connectivity index (χ2v) is 7.28. The van der Waals surface area contributed by atoms with Crippen LogP contribution in [0.2, 0.25) is 5.02 Å². The first-order chi connectivity index (χ1) is 12.0. The van der Waals surface area contributed by atoms with Crippen LogP contribution in [0.15, 0.2) is 18.2 Å². The van der Waals surface area contributed by atoms with Crippen LogP contribution in [0.1, 0.15) is 0 Å². The van der Waals surface area contributed by atoms with Gasteiger partial charge in [0, 0.05) is 49.6 Å². The second kappa shape index (κ2) is 7.49. The first-order valence-electron chi connectivity index (χ1n) is 7.84. The predicted octanol–water partition coefficient (Wildman–Crippen LogP) is 2.07. The molecule has 25 heavy (non-hydrogen) atoms. The number of rotatable bonds is 4. The summed E-state index contributed by atoms with van der Waals surface area (Å²) in [6.07, 6.45) is 0. The van der Waals surface area contributed by atoms with Crippen LogP contribution >= 0.6 is 23.4 Å². The van der Waals surface area contributed by atoms with E-state index in [-0.39, 0.29) is 23.4 Å². The topological polar surface area (TPSA) is 87.0 Å². The van der Waals surface area contributed by atoms with Crippen LogP contribution in [0.3, 0.4) is 0 Å². The Hall–Kier alpha value is -2.00. The van der Waals surface area contributed by atoms with Crippen molar-refractivity contribution < 1.29 is 14.5 Å². The van der Waals surface area contributed by atoms with Crippen LogP contribution in [0, 0.1) is 10.1 Å². The number of anilines is 1. The van der Waals surface area contributed by atoms with Gasteiger partial charge in [-0.25, -0.2) is 0 Å². The van der Waals surface area contributed by atoms with Crippen molar-refractivity contribution in [1.29, 1.82) is 0 Å². The van der Waals surface area contributed by atoms with Gasteiger partial charge in [-0.05, 0) is 12.1 Å². The van der Waals surface area contributed by atoms with E-state index in [1.165, 1.54) is 17.8 Å². The molecule has 3 rings (SSSR count). The Morgan fingerprint density at radius 2 is 1.96 bits per heavy atom. The number of piperazine rings is 1. The van der Waals surface area contributed by atoms with Crippen molar-refractivity contribution >= 4 is 45.9 Å². The molecule has 0 N–H and O–H groups in total. The number of hydrogen-bond acceptors (Lipinski definition) is 6. The summed E-state index contributed by atoms with van der Waals surface area (Å²) in [7, 11) is 0. The molecule has 2 aliphatic rings. The highest BCUT2D eigenvalue weighted by Crippen LogP contribution is 2.31. The summed E-state index contributed by atoms with van der Waals surface area (Å²) in [4.78, 5) is 39.9. The van der Waals surface area contributed by atoms with E-state index in [4.69, 9.17) is 11.6 Å². The molecule has 0 saturated carbocycles. The number of carbonyl (C=O) groups excluding carboxylic acids is 2. The lowest BCUT2D eigenvalue weighted by Crippen LogP contribution is -2.51. The number of nitro groups is 1. The number of carbonyl (C=O) groups is 2. The van der Waals surface area contributed by atoms with E-state index in [0.29, 0.717) is 43.4 Å². The number of thioether (sulfide) groups is 1. The van der Waals surface area contributed by atoms with E-state index in [2.05, 4.69) is 0 Å². The molecule has 0 radical (unpaired) electrons. The van der Waals surface area contributed by atoms with Gasteiger partial charge >= 0.3 is 0 Å². The van der Waals surface area contributed by atoms with Crippen molar-refractivity contribution in [3.05, 3.63) is 33.3 Å². The maximum absolute atomic E-state index is 12.3. The van der Waals surface area contributed by atoms with E-state index >= 15 is 0 Å². The Labute approximate surface area is 153 Å². The highest BCUT2D eigenvalue weighted by molar-refractivity contribution is 8.13. The largest absolute Gasteiger partial charge is 0.362 e. The van der Waals surface area contributed by atoms with Gasteiger partial charge in [-0.3, -0.25) is 19.7 Å². The van der Waals surface area contributed by atoms with Gasteiger partial charge in [-0.2, -0.15) is 0 Å². The number of hydrogen-bond donors (Lipinski definition) is 0. The number of benzene rings is 1. The van der Waals surface area contributed by atoms with Gasteiger partial charge in [0.15, 0.2) is 0 Å². The lowest BCUT2D eigenvalue weighted by molar-refractivity contribution is -0.384. The molecule has 2 fully saturated rings. The zero-order valence-electron chi connectivity index (χ0n) is 13.4. The van der Waals surface area contributed by atoms with Crippen molar-refractivity contribution in [2.75, 3.05) is 49.9 Å². The summed E-state index contributed by atoms with van der Waals surface area (Å²) in [5.74, 6) is 0.640. The quantitative estimate of drug-likeness (QED) is 0.583. The molecule has 0 atom stereocenters. The Morgan fingerprint density at radius 3 is 2.56 bits per heavy atom. The van der Waals surface area contributed by atoms with Crippen molar-refractivity contribution in [3.8, 4) is 0 Å². The maximum atomic E-state index is 12.3. The Bertz CT molecular complexity index is 709. The molecule has 2 heterocycles. The number of nitro benzene ring substituents is 1. The highest BCUT2D eigenvalue weighted by Gasteiger charge is 2.29. The summed E-state index contributed by atoms with van der Waals surface area (Å²) >= 11 is 7.08. The van der Waals surface area contributed by atoms with Crippen molar-refractivity contribution in [2.45, 2.75) is 0 Å². The summed E-state index contributed by atoms with van der Waals surface area (Å²) in [6.45, 7) is 2.63. The normalized spacial score (nSPS) is 18.0. The molecule has 0 aromatic heterocycles. The van der Waals surface area contributed by atoms with Gasteiger partial charge in [-0.15, -0.1) is 0 Å². The molecular formula is C15H17ClN4O4S. The van der Waals surface area contributed by atoms with Crippen molar-refractivity contribution in [1.82, 2.24) is 9.80 Å². The highest BCUT2D eigenvalue weighted by atomic mass is 35.5. The van der Waals surface area contributed by atoms with Gasteiger partial charge in [-0.1, -0.05) is 23.4 Å². The minimum absolute atomic E-state index is 0.0352. The van der Waals surface area contributed by atoms with Gasteiger partial charge < -0.3 is 14.7 Å². The molecule has 0 bridgehead atoms. The molecule has 2 amide bonds. The lowest BCUT2D eigenvalue weighted by atomic mass is 10.2. The molecule has 10 heteroatoms. The standard InChI is InChI=1S/C15H17ClN4O4S/c16-11-1-2-12(13(9-11)20(23)24)17-3-5-18(6-4-17)14(21)10-19-7-8-25-15(19)22/h1-2,9H,3-8,10H2. The van der Waals surface area contributed by atoms with Gasteiger partial charge in [0.1, 0.15) is 12.2 Å². The zero-order valence-corrected chi connectivity index (χ0v) is 15.0. The second-order valence-electron chi connectivity index (χ2n) is 5.79.